The third-order valence-electron chi connectivity index (χ3n) is 2.21. The molecule has 0 spiro atoms. The van der Waals surface area contributed by atoms with E-state index in [1.165, 1.54) is 0 Å². The molecule has 3 nitrogen and oxygen atoms in total. The zero-order valence-electron chi connectivity index (χ0n) is 8.91. The van der Waals surface area contributed by atoms with Gasteiger partial charge in [0.15, 0.2) is 0 Å². The lowest BCUT2D eigenvalue weighted by atomic mass is 10.1. The summed E-state index contributed by atoms with van der Waals surface area (Å²) in [7, 11) is 3.30. The van der Waals surface area contributed by atoms with Gasteiger partial charge < -0.3 is 15.2 Å². The van der Waals surface area contributed by atoms with Gasteiger partial charge in [-0.2, -0.15) is 0 Å². The van der Waals surface area contributed by atoms with E-state index < -0.39 is 0 Å². The summed E-state index contributed by atoms with van der Waals surface area (Å²) in [5, 5.41) is 0. The first-order chi connectivity index (χ1) is 6.69. The van der Waals surface area contributed by atoms with Crippen molar-refractivity contribution < 1.29 is 9.47 Å². The molecule has 0 saturated carbocycles. The smallest absolute Gasteiger partial charge is 0.122 e. The van der Waals surface area contributed by atoms with Crippen LogP contribution in [0.15, 0.2) is 18.2 Å². The van der Waals surface area contributed by atoms with Crippen LogP contribution in [0.3, 0.4) is 0 Å². The Morgan fingerprint density at radius 3 is 2.64 bits per heavy atom. The molecular formula is C11H17NO2. The quantitative estimate of drug-likeness (QED) is 0.794. The lowest BCUT2D eigenvalue weighted by molar-refractivity contribution is 0.181. The average molecular weight is 195 g/mol. The molecule has 0 fully saturated rings. The Bertz CT molecular complexity index is 299. The molecule has 78 valence electrons. The summed E-state index contributed by atoms with van der Waals surface area (Å²) < 4.78 is 10.2. The fourth-order valence-corrected chi connectivity index (χ4v) is 1.34. The van der Waals surface area contributed by atoms with Gasteiger partial charge in [-0.05, 0) is 24.1 Å². The molecule has 0 aliphatic heterocycles. The Balaban J connectivity index is 2.88. The monoisotopic (exact) mass is 195 g/mol. The molecule has 1 atom stereocenters. The van der Waals surface area contributed by atoms with Crippen molar-refractivity contribution in [3.63, 3.8) is 0 Å². The predicted octanol–water partition coefficient (Wildman–Crippen LogP) is 1.65. The average Bonchev–Trinajstić information content (AvgIpc) is 2.19. The highest BCUT2D eigenvalue weighted by Crippen LogP contribution is 2.22. The third-order valence-corrected chi connectivity index (χ3v) is 2.21. The van der Waals surface area contributed by atoms with Crippen LogP contribution >= 0.6 is 0 Å². The van der Waals surface area contributed by atoms with Crippen molar-refractivity contribution >= 4 is 0 Å². The molecule has 1 rings (SSSR count). The first-order valence-electron chi connectivity index (χ1n) is 4.58. The molecule has 14 heavy (non-hydrogen) atoms. The normalized spacial score (nSPS) is 12.6. The highest BCUT2D eigenvalue weighted by atomic mass is 16.5. The summed E-state index contributed by atoms with van der Waals surface area (Å²) in [4.78, 5) is 0. The van der Waals surface area contributed by atoms with Crippen LogP contribution in [0, 0.1) is 6.92 Å². The number of hydrogen-bond donors (Lipinski definition) is 1. The van der Waals surface area contributed by atoms with Crippen molar-refractivity contribution in [3.8, 4) is 5.75 Å². The number of benzene rings is 1. The second-order valence-electron chi connectivity index (χ2n) is 3.29. The number of methoxy groups -OCH3 is 2. The van der Waals surface area contributed by atoms with Gasteiger partial charge in [0.2, 0.25) is 0 Å². The first-order valence-corrected chi connectivity index (χ1v) is 4.58. The molecule has 0 aliphatic rings. The Labute approximate surface area is 84.8 Å². The number of ether oxygens (including phenoxy) is 2. The lowest BCUT2D eigenvalue weighted by Gasteiger charge is -2.13. The van der Waals surface area contributed by atoms with Gasteiger partial charge in [0.05, 0.1) is 19.8 Å². The molecule has 0 aliphatic carbocycles. The Kier molecular flexibility index (Phi) is 3.92. The number of hydrogen-bond acceptors (Lipinski definition) is 3. The van der Waals surface area contributed by atoms with Crippen molar-refractivity contribution in [1.82, 2.24) is 0 Å². The van der Waals surface area contributed by atoms with Gasteiger partial charge in [-0.15, -0.1) is 0 Å². The van der Waals surface area contributed by atoms with Crippen LogP contribution in [0.4, 0.5) is 0 Å². The topological polar surface area (TPSA) is 44.5 Å². The Hall–Kier alpha value is -1.06. The van der Waals surface area contributed by atoms with Gasteiger partial charge >= 0.3 is 0 Å². The van der Waals surface area contributed by atoms with E-state index in [1.807, 2.05) is 25.1 Å². The molecule has 0 aromatic heterocycles. The maximum absolute atomic E-state index is 5.90. The van der Waals surface area contributed by atoms with Gasteiger partial charge in [0, 0.05) is 7.11 Å². The zero-order chi connectivity index (χ0) is 10.6. The second kappa shape index (κ2) is 4.98. The molecule has 0 saturated heterocycles. The molecule has 0 amide bonds. The summed E-state index contributed by atoms with van der Waals surface area (Å²) in [6.45, 7) is 2.52. The van der Waals surface area contributed by atoms with Gasteiger partial charge in [-0.1, -0.05) is 12.1 Å². The maximum atomic E-state index is 5.90. The minimum Gasteiger partial charge on any atom is -0.496 e. The largest absolute Gasteiger partial charge is 0.496 e. The molecule has 1 unspecified atom stereocenters. The fraction of sp³-hybridized carbons (Fsp3) is 0.455. The first kappa shape index (κ1) is 11.0. The van der Waals surface area contributed by atoms with E-state index in [4.69, 9.17) is 15.2 Å². The van der Waals surface area contributed by atoms with Gasteiger partial charge in [0.1, 0.15) is 5.75 Å². The molecule has 1 aromatic rings. The number of rotatable bonds is 4. The summed E-state index contributed by atoms with van der Waals surface area (Å²) >= 11 is 0. The van der Waals surface area contributed by atoms with E-state index in [9.17, 15) is 0 Å². The van der Waals surface area contributed by atoms with Crippen molar-refractivity contribution in [3.05, 3.63) is 29.3 Å². The molecule has 2 N–H and O–H groups in total. The van der Waals surface area contributed by atoms with Crippen molar-refractivity contribution in [1.29, 1.82) is 0 Å². The SMILES string of the molecule is COCC(N)c1ccc(C)c(OC)c1. The second-order valence-corrected chi connectivity index (χ2v) is 3.29. The third kappa shape index (κ3) is 2.47. The van der Waals surface area contributed by atoms with Crippen molar-refractivity contribution in [2.75, 3.05) is 20.8 Å². The molecule has 0 radical (unpaired) electrons. The number of aryl methyl sites for hydroxylation is 1. The van der Waals surface area contributed by atoms with Crippen LogP contribution in [-0.2, 0) is 4.74 Å². The Morgan fingerprint density at radius 2 is 2.07 bits per heavy atom. The van der Waals surface area contributed by atoms with E-state index in [2.05, 4.69) is 0 Å². The van der Waals surface area contributed by atoms with E-state index in [0.717, 1.165) is 16.9 Å². The van der Waals surface area contributed by atoms with Crippen molar-refractivity contribution in [2.45, 2.75) is 13.0 Å². The summed E-state index contributed by atoms with van der Waals surface area (Å²) in [5.74, 6) is 0.869. The predicted molar refractivity (Wildman–Crippen MR) is 56.5 cm³/mol. The highest BCUT2D eigenvalue weighted by Gasteiger charge is 2.07. The standard InChI is InChI=1S/C11H17NO2/c1-8-4-5-9(6-11(8)14-3)10(12)7-13-2/h4-6,10H,7,12H2,1-3H3. The minimum absolute atomic E-state index is 0.0884. The molecular weight excluding hydrogens is 178 g/mol. The van der Waals surface area contributed by atoms with E-state index in [-0.39, 0.29) is 6.04 Å². The maximum Gasteiger partial charge on any atom is 0.122 e. The molecule has 1 aromatic carbocycles. The van der Waals surface area contributed by atoms with Gasteiger partial charge in [-0.3, -0.25) is 0 Å². The van der Waals surface area contributed by atoms with E-state index in [1.54, 1.807) is 14.2 Å². The molecule has 0 bridgehead atoms. The van der Waals surface area contributed by atoms with Gasteiger partial charge in [-0.25, -0.2) is 0 Å². The van der Waals surface area contributed by atoms with Crippen LogP contribution in [0.1, 0.15) is 17.2 Å². The fourth-order valence-electron chi connectivity index (χ4n) is 1.34. The zero-order valence-corrected chi connectivity index (χ0v) is 8.91. The Morgan fingerprint density at radius 1 is 1.36 bits per heavy atom. The van der Waals surface area contributed by atoms with Crippen molar-refractivity contribution in [2.24, 2.45) is 5.73 Å². The van der Waals surface area contributed by atoms with Crippen LogP contribution in [0.25, 0.3) is 0 Å². The van der Waals surface area contributed by atoms with Crippen LogP contribution < -0.4 is 10.5 Å². The summed E-state index contributed by atoms with van der Waals surface area (Å²) in [6, 6.07) is 5.87. The minimum atomic E-state index is -0.0884. The summed E-state index contributed by atoms with van der Waals surface area (Å²) in [6.07, 6.45) is 0. The van der Waals surface area contributed by atoms with Gasteiger partial charge in [0.25, 0.3) is 0 Å². The van der Waals surface area contributed by atoms with E-state index in [0.29, 0.717) is 6.61 Å². The molecule has 3 heteroatoms. The summed E-state index contributed by atoms with van der Waals surface area (Å²) in [5.41, 5.74) is 8.05. The molecule has 0 heterocycles. The van der Waals surface area contributed by atoms with E-state index >= 15 is 0 Å². The number of nitrogens with two attached hydrogens (primary N) is 1. The van der Waals surface area contributed by atoms with Crippen LogP contribution in [-0.4, -0.2) is 20.8 Å². The van der Waals surface area contributed by atoms with Crippen LogP contribution in [0.2, 0.25) is 0 Å². The van der Waals surface area contributed by atoms with Crippen LogP contribution in [0.5, 0.6) is 5.75 Å². The highest BCUT2D eigenvalue weighted by molar-refractivity contribution is 5.37. The lowest BCUT2D eigenvalue weighted by Crippen LogP contribution is -2.16.